The molecule has 112 valence electrons. The van der Waals surface area contributed by atoms with Gasteiger partial charge in [-0.2, -0.15) is 0 Å². The van der Waals surface area contributed by atoms with Crippen LogP contribution in [-0.2, 0) is 17.6 Å². The van der Waals surface area contributed by atoms with Crippen molar-refractivity contribution in [3.63, 3.8) is 0 Å². The summed E-state index contributed by atoms with van der Waals surface area (Å²) in [7, 11) is 1.56. The largest absolute Gasteiger partial charge is 0.391 e. The summed E-state index contributed by atoms with van der Waals surface area (Å²) >= 11 is 1.70. The van der Waals surface area contributed by atoms with Crippen molar-refractivity contribution < 1.29 is 14.6 Å². The second-order valence-electron chi connectivity index (χ2n) is 5.55. The van der Waals surface area contributed by atoms with Gasteiger partial charge in [0.1, 0.15) is 0 Å². The van der Waals surface area contributed by atoms with Crippen LogP contribution in [0.25, 0.3) is 0 Å². The molecule has 0 saturated carbocycles. The van der Waals surface area contributed by atoms with Gasteiger partial charge in [0.2, 0.25) is 0 Å². The second-order valence-corrected chi connectivity index (χ2v) is 6.52. The van der Waals surface area contributed by atoms with Crippen molar-refractivity contribution in [1.29, 1.82) is 0 Å². The molecular formula is C15H23NO3S. The number of methoxy groups -OCH3 is 1. The Morgan fingerprint density at radius 3 is 3.20 bits per heavy atom. The minimum absolute atomic E-state index is 0.0123. The van der Waals surface area contributed by atoms with Crippen LogP contribution in [0.15, 0.2) is 5.38 Å². The van der Waals surface area contributed by atoms with Crippen LogP contribution in [0.1, 0.15) is 40.6 Å². The van der Waals surface area contributed by atoms with Crippen LogP contribution in [0, 0.1) is 5.92 Å². The number of carbonyl (C=O) groups excluding carboxylic acids is 1. The molecule has 2 atom stereocenters. The molecule has 0 fully saturated rings. The van der Waals surface area contributed by atoms with Crippen molar-refractivity contribution in [2.45, 2.75) is 38.7 Å². The van der Waals surface area contributed by atoms with E-state index in [0.717, 1.165) is 30.7 Å². The normalized spacial score (nSPS) is 19.4. The number of ether oxygens (including phenoxy) is 1. The third kappa shape index (κ3) is 3.81. The highest BCUT2D eigenvalue weighted by molar-refractivity contribution is 7.10. The van der Waals surface area contributed by atoms with Gasteiger partial charge in [-0.05, 0) is 37.2 Å². The maximum absolute atomic E-state index is 12.2. The van der Waals surface area contributed by atoms with E-state index in [2.05, 4.69) is 12.2 Å². The molecule has 1 aliphatic rings. The van der Waals surface area contributed by atoms with Crippen molar-refractivity contribution >= 4 is 17.2 Å². The molecule has 0 spiro atoms. The SMILES string of the molecule is COCC(O)CCNC(=O)c1csc2c1CCC(C)C2. The first kappa shape index (κ1) is 15.5. The maximum Gasteiger partial charge on any atom is 0.252 e. The van der Waals surface area contributed by atoms with Crippen molar-refractivity contribution in [2.24, 2.45) is 5.92 Å². The van der Waals surface area contributed by atoms with Crippen molar-refractivity contribution in [3.05, 3.63) is 21.4 Å². The minimum Gasteiger partial charge on any atom is -0.391 e. The average Bonchev–Trinajstić information content (AvgIpc) is 2.81. The van der Waals surface area contributed by atoms with Gasteiger partial charge in [0.25, 0.3) is 5.91 Å². The van der Waals surface area contributed by atoms with Crippen LogP contribution >= 0.6 is 11.3 Å². The van der Waals surface area contributed by atoms with Gasteiger partial charge in [0, 0.05) is 23.9 Å². The predicted molar refractivity (Wildman–Crippen MR) is 80.3 cm³/mol. The third-order valence-electron chi connectivity index (χ3n) is 3.77. The molecule has 1 amide bonds. The zero-order chi connectivity index (χ0) is 14.5. The Kier molecular flexibility index (Phi) is 5.57. The highest BCUT2D eigenvalue weighted by Gasteiger charge is 2.22. The smallest absolute Gasteiger partial charge is 0.252 e. The van der Waals surface area contributed by atoms with E-state index in [1.807, 2.05) is 5.38 Å². The van der Waals surface area contributed by atoms with E-state index in [1.54, 1.807) is 18.4 Å². The van der Waals surface area contributed by atoms with Gasteiger partial charge in [0.15, 0.2) is 0 Å². The topological polar surface area (TPSA) is 58.6 Å². The Bertz CT molecular complexity index is 458. The number of hydrogen-bond acceptors (Lipinski definition) is 4. The first-order valence-corrected chi connectivity index (χ1v) is 8.04. The molecule has 0 aliphatic heterocycles. The molecule has 5 heteroatoms. The lowest BCUT2D eigenvalue weighted by Crippen LogP contribution is -2.29. The molecular weight excluding hydrogens is 274 g/mol. The number of amides is 1. The first-order valence-electron chi connectivity index (χ1n) is 7.16. The molecule has 4 nitrogen and oxygen atoms in total. The van der Waals surface area contributed by atoms with Gasteiger partial charge in [-0.15, -0.1) is 11.3 Å². The number of nitrogens with one attached hydrogen (secondary N) is 1. The van der Waals surface area contributed by atoms with Crippen molar-refractivity contribution in [2.75, 3.05) is 20.3 Å². The van der Waals surface area contributed by atoms with Gasteiger partial charge < -0.3 is 15.2 Å². The summed E-state index contributed by atoms with van der Waals surface area (Å²) in [5.74, 6) is 0.711. The number of thiophene rings is 1. The van der Waals surface area contributed by atoms with Gasteiger partial charge >= 0.3 is 0 Å². The van der Waals surface area contributed by atoms with E-state index >= 15 is 0 Å². The van der Waals surface area contributed by atoms with Gasteiger partial charge in [-0.1, -0.05) is 6.92 Å². The zero-order valence-corrected chi connectivity index (χ0v) is 13.0. The van der Waals surface area contributed by atoms with Crippen LogP contribution in [0.5, 0.6) is 0 Å². The molecule has 0 aromatic carbocycles. The van der Waals surface area contributed by atoms with E-state index in [1.165, 1.54) is 10.4 Å². The van der Waals surface area contributed by atoms with Crippen LogP contribution < -0.4 is 5.32 Å². The van der Waals surface area contributed by atoms with E-state index < -0.39 is 6.10 Å². The van der Waals surface area contributed by atoms with Crippen LogP contribution in [0.3, 0.4) is 0 Å². The Hall–Kier alpha value is -0.910. The summed E-state index contributed by atoms with van der Waals surface area (Å²) in [6.45, 7) is 3.05. The highest BCUT2D eigenvalue weighted by atomic mass is 32.1. The molecule has 1 aliphatic carbocycles. The molecule has 2 unspecified atom stereocenters. The second kappa shape index (κ2) is 7.20. The molecule has 20 heavy (non-hydrogen) atoms. The van der Waals surface area contributed by atoms with Crippen molar-refractivity contribution in [3.8, 4) is 0 Å². The van der Waals surface area contributed by atoms with Crippen molar-refractivity contribution in [1.82, 2.24) is 5.32 Å². The molecule has 2 N–H and O–H groups in total. The molecule has 0 bridgehead atoms. The molecule has 1 aromatic rings. The summed E-state index contributed by atoms with van der Waals surface area (Å²) in [6, 6.07) is 0. The summed E-state index contributed by atoms with van der Waals surface area (Å²) in [6.07, 6.45) is 3.27. The number of rotatable bonds is 6. The molecule has 0 radical (unpaired) electrons. The fourth-order valence-electron chi connectivity index (χ4n) is 2.59. The first-order chi connectivity index (χ1) is 9.61. The molecule has 1 heterocycles. The minimum atomic E-state index is -0.516. The number of aliphatic hydroxyl groups excluding tert-OH is 1. The van der Waals surface area contributed by atoms with Crippen LogP contribution in [0.2, 0.25) is 0 Å². The molecule has 2 rings (SSSR count). The fourth-order valence-corrected chi connectivity index (χ4v) is 3.84. The lowest BCUT2D eigenvalue weighted by molar-refractivity contribution is 0.0587. The molecule has 1 aromatic heterocycles. The number of carbonyl (C=O) groups is 1. The van der Waals surface area contributed by atoms with Gasteiger partial charge in [-0.25, -0.2) is 0 Å². The number of aliphatic hydroxyl groups is 1. The van der Waals surface area contributed by atoms with E-state index in [9.17, 15) is 9.90 Å². The average molecular weight is 297 g/mol. The Balaban J connectivity index is 1.87. The van der Waals surface area contributed by atoms with Crippen LogP contribution in [0.4, 0.5) is 0 Å². The summed E-state index contributed by atoms with van der Waals surface area (Å²) < 4.78 is 4.86. The Morgan fingerprint density at radius 1 is 1.65 bits per heavy atom. The lowest BCUT2D eigenvalue weighted by atomic mass is 9.88. The zero-order valence-electron chi connectivity index (χ0n) is 12.1. The standard InChI is InChI=1S/C15H23NO3S/c1-10-3-4-12-13(9-20-14(12)7-10)15(18)16-6-5-11(17)8-19-2/h9-11,17H,3-8H2,1-2H3,(H,16,18). The Labute approximate surface area is 124 Å². The predicted octanol–water partition coefficient (Wildman–Crippen LogP) is 2.00. The Morgan fingerprint density at radius 2 is 2.45 bits per heavy atom. The van der Waals surface area contributed by atoms with E-state index in [4.69, 9.17) is 4.74 Å². The third-order valence-corrected chi connectivity index (χ3v) is 4.82. The number of fused-ring (bicyclic) bond motifs is 1. The fraction of sp³-hybridized carbons (Fsp3) is 0.667. The van der Waals surface area contributed by atoms with Gasteiger partial charge in [0.05, 0.1) is 18.3 Å². The van der Waals surface area contributed by atoms with E-state index in [-0.39, 0.29) is 5.91 Å². The summed E-state index contributed by atoms with van der Waals surface area (Å²) in [4.78, 5) is 13.6. The summed E-state index contributed by atoms with van der Waals surface area (Å²) in [5.41, 5.74) is 2.07. The maximum atomic E-state index is 12.2. The van der Waals surface area contributed by atoms with E-state index in [0.29, 0.717) is 19.6 Å². The van der Waals surface area contributed by atoms with Gasteiger partial charge in [-0.3, -0.25) is 4.79 Å². The number of hydrogen-bond donors (Lipinski definition) is 2. The lowest BCUT2D eigenvalue weighted by Gasteiger charge is -2.19. The highest BCUT2D eigenvalue weighted by Crippen LogP contribution is 2.32. The van der Waals surface area contributed by atoms with Crippen LogP contribution in [-0.4, -0.2) is 37.4 Å². The summed E-state index contributed by atoms with van der Waals surface area (Å²) in [5, 5.41) is 14.4. The quantitative estimate of drug-likeness (QED) is 0.844. The molecule has 0 saturated heterocycles. The monoisotopic (exact) mass is 297 g/mol.